The highest BCUT2D eigenvalue weighted by Gasteiger charge is 2.33. The van der Waals surface area contributed by atoms with Gasteiger partial charge in [-0.3, -0.25) is 0 Å². The molecule has 7 nitrogen and oxygen atoms in total. The minimum absolute atomic E-state index is 0.186. The molecule has 0 radical (unpaired) electrons. The van der Waals surface area contributed by atoms with E-state index < -0.39 is 5.97 Å². The average molecular weight is 549 g/mol. The lowest BCUT2D eigenvalue weighted by Gasteiger charge is -2.12. The number of benzene rings is 2. The van der Waals surface area contributed by atoms with Crippen molar-refractivity contribution in [2.45, 2.75) is 32.3 Å². The van der Waals surface area contributed by atoms with Crippen LogP contribution in [-0.2, 0) is 11.3 Å². The summed E-state index contributed by atoms with van der Waals surface area (Å²) in [5.74, 6) is 2.20. The van der Waals surface area contributed by atoms with Crippen molar-refractivity contribution in [3.63, 3.8) is 0 Å². The summed E-state index contributed by atoms with van der Waals surface area (Å²) < 4.78 is 23.0. The number of halogens is 2. The van der Waals surface area contributed by atoms with Gasteiger partial charge in [0.25, 0.3) is 0 Å². The SMILES string of the molecule is CCOC(=O)c1ccc2c(c1)Oc1ccc(OCc3c(-c4c(Cl)cccc4Cl)noc3C3CC3)nc1C=C2. The van der Waals surface area contributed by atoms with E-state index in [1.165, 1.54) is 0 Å². The molecule has 2 aromatic heterocycles. The Kier molecular flexibility index (Phi) is 6.55. The topological polar surface area (TPSA) is 83.7 Å². The van der Waals surface area contributed by atoms with Gasteiger partial charge in [0.2, 0.25) is 5.88 Å². The fourth-order valence-electron chi connectivity index (χ4n) is 4.31. The lowest BCUT2D eigenvalue weighted by Crippen LogP contribution is -2.05. The molecule has 38 heavy (non-hydrogen) atoms. The number of ether oxygens (including phenoxy) is 3. The Bertz CT molecular complexity index is 1560. The molecule has 2 aromatic carbocycles. The lowest BCUT2D eigenvalue weighted by molar-refractivity contribution is 0.0526. The van der Waals surface area contributed by atoms with E-state index in [4.69, 9.17) is 41.9 Å². The van der Waals surface area contributed by atoms with Gasteiger partial charge in [0.15, 0.2) is 5.75 Å². The zero-order valence-electron chi connectivity index (χ0n) is 20.4. The molecule has 0 amide bonds. The summed E-state index contributed by atoms with van der Waals surface area (Å²) in [5.41, 5.74) is 3.84. The molecule has 3 heterocycles. The van der Waals surface area contributed by atoms with Crippen molar-refractivity contribution in [1.82, 2.24) is 10.1 Å². The fourth-order valence-corrected chi connectivity index (χ4v) is 4.89. The van der Waals surface area contributed by atoms with E-state index in [0.717, 1.165) is 29.7 Å². The molecule has 0 bridgehead atoms. The average Bonchev–Trinajstić information content (AvgIpc) is 3.70. The minimum Gasteiger partial charge on any atom is -0.473 e. The van der Waals surface area contributed by atoms with Crippen LogP contribution in [0.2, 0.25) is 10.0 Å². The summed E-state index contributed by atoms with van der Waals surface area (Å²) in [5, 5.41) is 5.29. The van der Waals surface area contributed by atoms with Crippen LogP contribution >= 0.6 is 23.2 Å². The molecule has 6 rings (SSSR count). The summed E-state index contributed by atoms with van der Waals surface area (Å²) in [6.45, 7) is 2.26. The van der Waals surface area contributed by atoms with Crippen LogP contribution in [-0.4, -0.2) is 22.7 Å². The molecule has 0 spiro atoms. The molecule has 1 aliphatic heterocycles. The van der Waals surface area contributed by atoms with Crippen molar-refractivity contribution in [2.24, 2.45) is 0 Å². The Morgan fingerprint density at radius 3 is 2.63 bits per heavy atom. The van der Waals surface area contributed by atoms with E-state index in [2.05, 4.69) is 10.1 Å². The Morgan fingerprint density at radius 1 is 1.05 bits per heavy atom. The first-order valence-corrected chi connectivity index (χ1v) is 13.0. The van der Waals surface area contributed by atoms with E-state index in [0.29, 0.717) is 62.5 Å². The molecule has 1 aliphatic carbocycles. The maximum absolute atomic E-state index is 12.1. The highest BCUT2D eigenvalue weighted by atomic mass is 35.5. The Hall–Kier alpha value is -3.81. The summed E-state index contributed by atoms with van der Waals surface area (Å²) in [6, 6.07) is 14.0. The van der Waals surface area contributed by atoms with Crippen molar-refractivity contribution >= 4 is 41.3 Å². The molecule has 9 heteroatoms. The first kappa shape index (κ1) is 24.5. The molecule has 0 unspecified atom stereocenters. The van der Waals surface area contributed by atoms with Gasteiger partial charge in [-0.25, -0.2) is 9.78 Å². The van der Waals surface area contributed by atoms with Crippen LogP contribution in [0.5, 0.6) is 17.4 Å². The van der Waals surface area contributed by atoms with Crippen LogP contribution in [0.1, 0.15) is 58.6 Å². The van der Waals surface area contributed by atoms with Crippen LogP contribution in [0.15, 0.2) is 53.1 Å². The smallest absolute Gasteiger partial charge is 0.338 e. The fraction of sp³-hybridized carbons (Fsp3) is 0.207. The van der Waals surface area contributed by atoms with Crippen molar-refractivity contribution in [3.05, 3.63) is 86.7 Å². The number of rotatable bonds is 7. The molecule has 4 aromatic rings. The van der Waals surface area contributed by atoms with Gasteiger partial charge in [-0.1, -0.05) is 40.5 Å². The van der Waals surface area contributed by atoms with Gasteiger partial charge >= 0.3 is 5.97 Å². The van der Waals surface area contributed by atoms with Crippen LogP contribution in [0.4, 0.5) is 0 Å². The van der Waals surface area contributed by atoms with E-state index >= 15 is 0 Å². The highest BCUT2D eigenvalue weighted by Crippen LogP contribution is 2.46. The van der Waals surface area contributed by atoms with Gasteiger partial charge in [0, 0.05) is 23.1 Å². The van der Waals surface area contributed by atoms with Crippen LogP contribution in [0, 0.1) is 0 Å². The second-order valence-electron chi connectivity index (χ2n) is 8.97. The number of fused-ring (bicyclic) bond motifs is 2. The molecule has 0 atom stereocenters. The predicted molar refractivity (Wildman–Crippen MR) is 144 cm³/mol. The van der Waals surface area contributed by atoms with Gasteiger partial charge in [-0.2, -0.15) is 0 Å². The molecule has 2 aliphatic rings. The minimum atomic E-state index is -0.397. The number of aromatic nitrogens is 2. The highest BCUT2D eigenvalue weighted by molar-refractivity contribution is 6.39. The Balaban J connectivity index is 1.26. The first-order chi connectivity index (χ1) is 18.5. The van der Waals surface area contributed by atoms with E-state index in [9.17, 15) is 4.79 Å². The maximum Gasteiger partial charge on any atom is 0.338 e. The molecular formula is C29H22Cl2N2O5. The maximum atomic E-state index is 12.1. The molecular weight excluding hydrogens is 527 g/mol. The van der Waals surface area contributed by atoms with Gasteiger partial charge < -0.3 is 18.7 Å². The van der Waals surface area contributed by atoms with Crippen molar-refractivity contribution in [3.8, 4) is 28.6 Å². The molecule has 1 fully saturated rings. The van der Waals surface area contributed by atoms with E-state index in [1.54, 1.807) is 49.4 Å². The van der Waals surface area contributed by atoms with Gasteiger partial charge in [0.1, 0.15) is 29.5 Å². The predicted octanol–water partition coefficient (Wildman–Crippen LogP) is 7.95. The van der Waals surface area contributed by atoms with Crippen molar-refractivity contribution < 1.29 is 23.5 Å². The second kappa shape index (κ2) is 10.2. The van der Waals surface area contributed by atoms with E-state index in [-0.39, 0.29) is 6.61 Å². The summed E-state index contributed by atoms with van der Waals surface area (Å²) in [7, 11) is 0. The Morgan fingerprint density at radius 2 is 1.87 bits per heavy atom. The number of hydrogen-bond acceptors (Lipinski definition) is 7. The van der Waals surface area contributed by atoms with Gasteiger partial charge in [0.05, 0.1) is 27.8 Å². The number of nitrogens with zero attached hydrogens (tertiary/aromatic N) is 2. The first-order valence-electron chi connectivity index (χ1n) is 12.3. The summed E-state index contributed by atoms with van der Waals surface area (Å²) in [6.07, 6.45) is 5.81. The van der Waals surface area contributed by atoms with Crippen molar-refractivity contribution in [1.29, 1.82) is 0 Å². The largest absolute Gasteiger partial charge is 0.473 e. The zero-order valence-corrected chi connectivity index (χ0v) is 21.9. The third kappa shape index (κ3) is 4.75. The normalized spacial score (nSPS) is 13.8. The second-order valence-corrected chi connectivity index (χ2v) is 9.79. The molecule has 0 saturated heterocycles. The third-order valence-electron chi connectivity index (χ3n) is 6.36. The van der Waals surface area contributed by atoms with Gasteiger partial charge in [-0.15, -0.1) is 0 Å². The van der Waals surface area contributed by atoms with Crippen LogP contribution in [0.25, 0.3) is 23.4 Å². The molecule has 1 saturated carbocycles. The number of hydrogen-bond donors (Lipinski definition) is 0. The van der Waals surface area contributed by atoms with Gasteiger partial charge in [-0.05, 0) is 62.2 Å². The molecule has 0 N–H and O–H groups in total. The van der Waals surface area contributed by atoms with Crippen LogP contribution < -0.4 is 9.47 Å². The van der Waals surface area contributed by atoms with E-state index in [1.807, 2.05) is 18.2 Å². The summed E-state index contributed by atoms with van der Waals surface area (Å²) in [4.78, 5) is 16.8. The number of pyridine rings is 1. The monoisotopic (exact) mass is 548 g/mol. The number of esters is 1. The zero-order chi connectivity index (χ0) is 26.2. The quantitative estimate of drug-likeness (QED) is 0.191. The number of carbonyl (C=O) groups excluding carboxylic acids is 1. The number of carbonyl (C=O) groups is 1. The molecule has 192 valence electrons. The Labute approximate surface area is 228 Å². The van der Waals surface area contributed by atoms with Crippen LogP contribution in [0.3, 0.4) is 0 Å². The standard InChI is InChI=1S/C29H22Cl2N2O5/c1-2-35-29(34)18-9-6-16-10-11-22-23(37-24(16)14-18)12-13-25(32-22)36-15-19-27(33-38-28(19)17-7-8-17)26-20(30)4-3-5-21(26)31/h3-6,9-14,17H,2,7-8,15H2,1H3. The summed E-state index contributed by atoms with van der Waals surface area (Å²) >= 11 is 12.9. The third-order valence-corrected chi connectivity index (χ3v) is 6.99. The lowest BCUT2D eigenvalue weighted by atomic mass is 10.0. The van der Waals surface area contributed by atoms with Crippen molar-refractivity contribution in [2.75, 3.05) is 6.61 Å².